The predicted molar refractivity (Wildman–Crippen MR) is 123 cm³/mol. The number of methoxy groups -OCH3 is 1. The molecule has 0 amide bonds. The number of fused-ring (bicyclic) bond motifs is 1. The highest BCUT2D eigenvalue weighted by Crippen LogP contribution is 2.35. The van der Waals surface area contributed by atoms with Crippen LogP contribution in [-0.4, -0.2) is 33.3 Å². The number of benzene rings is 4. The number of ether oxygens (including phenoxy) is 1. The summed E-state index contributed by atoms with van der Waals surface area (Å²) in [6.45, 7) is 0.566. The summed E-state index contributed by atoms with van der Waals surface area (Å²) in [4.78, 5) is 11.9. The summed E-state index contributed by atoms with van der Waals surface area (Å²) in [6.07, 6.45) is 0. The number of nitrogens with zero attached hydrogens (tertiary/aromatic N) is 4. The number of carbonyl (C=O) groups excluding carboxylic acids is 1. The Kier molecular flexibility index (Phi) is 5.17. The molecule has 5 rings (SSSR count). The van der Waals surface area contributed by atoms with Crippen LogP contribution in [-0.2, 0) is 11.3 Å². The number of aromatic nitrogens is 4. The average molecular weight is 420 g/mol. The molecule has 1 heterocycles. The lowest BCUT2D eigenvalue weighted by molar-refractivity contribution is 0.0601. The summed E-state index contributed by atoms with van der Waals surface area (Å²) >= 11 is 0. The van der Waals surface area contributed by atoms with E-state index in [2.05, 4.69) is 51.9 Å². The third-order valence-electron chi connectivity index (χ3n) is 5.45. The standard InChI is InChI=1S/C26H20N4O2/c1-32-26(31)20-13-11-19(12-14-20)23-15-21-9-5-6-10-22(21)16-24(23)25-27-28-29-30(25)17-18-7-3-2-4-8-18/h2-16H,17H2,1H3. The van der Waals surface area contributed by atoms with Gasteiger partial charge in [0.25, 0.3) is 0 Å². The van der Waals surface area contributed by atoms with Gasteiger partial charge in [-0.25, -0.2) is 9.48 Å². The fourth-order valence-corrected chi connectivity index (χ4v) is 3.83. The summed E-state index contributed by atoms with van der Waals surface area (Å²) in [6, 6.07) is 29.9. The van der Waals surface area contributed by atoms with Gasteiger partial charge in [0.05, 0.1) is 19.2 Å². The van der Waals surface area contributed by atoms with Crippen molar-refractivity contribution in [3.05, 3.63) is 102 Å². The van der Waals surface area contributed by atoms with Crippen LogP contribution in [0.1, 0.15) is 15.9 Å². The second kappa shape index (κ2) is 8.43. The largest absolute Gasteiger partial charge is 0.465 e. The number of tetrazole rings is 1. The average Bonchev–Trinajstić information content (AvgIpc) is 3.31. The molecule has 0 unspecified atom stereocenters. The molecule has 0 saturated carbocycles. The number of esters is 1. The third-order valence-corrected chi connectivity index (χ3v) is 5.45. The molecular formula is C26H20N4O2. The van der Waals surface area contributed by atoms with Crippen molar-refractivity contribution in [2.75, 3.05) is 7.11 Å². The predicted octanol–water partition coefficient (Wildman–Crippen LogP) is 5.00. The summed E-state index contributed by atoms with van der Waals surface area (Å²) in [5, 5.41) is 14.8. The van der Waals surface area contributed by atoms with Crippen LogP contribution in [0.5, 0.6) is 0 Å². The highest BCUT2D eigenvalue weighted by Gasteiger charge is 2.17. The van der Waals surface area contributed by atoms with E-state index in [1.807, 2.05) is 47.1 Å². The zero-order valence-corrected chi connectivity index (χ0v) is 17.5. The van der Waals surface area contributed by atoms with Crippen molar-refractivity contribution < 1.29 is 9.53 Å². The summed E-state index contributed by atoms with van der Waals surface area (Å²) in [7, 11) is 1.38. The van der Waals surface area contributed by atoms with Crippen molar-refractivity contribution >= 4 is 16.7 Å². The quantitative estimate of drug-likeness (QED) is 0.375. The molecule has 6 nitrogen and oxygen atoms in total. The van der Waals surface area contributed by atoms with Gasteiger partial charge in [0.2, 0.25) is 0 Å². The van der Waals surface area contributed by atoms with Crippen LogP contribution in [0.25, 0.3) is 33.3 Å². The van der Waals surface area contributed by atoms with Crippen molar-refractivity contribution in [3.63, 3.8) is 0 Å². The van der Waals surface area contributed by atoms with E-state index in [0.717, 1.165) is 33.0 Å². The first-order chi connectivity index (χ1) is 15.7. The van der Waals surface area contributed by atoms with E-state index < -0.39 is 0 Å². The van der Waals surface area contributed by atoms with Crippen LogP contribution in [0.3, 0.4) is 0 Å². The van der Waals surface area contributed by atoms with E-state index in [0.29, 0.717) is 17.9 Å². The van der Waals surface area contributed by atoms with Crippen LogP contribution in [0.4, 0.5) is 0 Å². The first kappa shape index (κ1) is 19.6. The second-order valence-corrected chi connectivity index (χ2v) is 7.46. The molecule has 0 fully saturated rings. The van der Waals surface area contributed by atoms with Crippen LogP contribution in [0, 0.1) is 0 Å². The molecule has 0 aliphatic carbocycles. The molecule has 0 spiro atoms. The molecule has 0 saturated heterocycles. The van der Waals surface area contributed by atoms with Gasteiger partial charge in [0, 0.05) is 5.56 Å². The molecule has 4 aromatic carbocycles. The van der Waals surface area contributed by atoms with Gasteiger partial charge in [-0.1, -0.05) is 66.7 Å². The van der Waals surface area contributed by atoms with E-state index in [4.69, 9.17) is 4.74 Å². The van der Waals surface area contributed by atoms with Crippen molar-refractivity contribution in [2.24, 2.45) is 0 Å². The second-order valence-electron chi connectivity index (χ2n) is 7.46. The van der Waals surface area contributed by atoms with E-state index in [1.54, 1.807) is 12.1 Å². The molecule has 0 aliphatic heterocycles. The topological polar surface area (TPSA) is 69.9 Å². The first-order valence-corrected chi connectivity index (χ1v) is 10.2. The smallest absolute Gasteiger partial charge is 0.337 e. The lowest BCUT2D eigenvalue weighted by atomic mass is 9.94. The Morgan fingerprint density at radius 2 is 1.50 bits per heavy atom. The Bertz CT molecular complexity index is 1390. The van der Waals surface area contributed by atoms with E-state index in [9.17, 15) is 4.79 Å². The molecule has 5 aromatic rings. The summed E-state index contributed by atoms with van der Waals surface area (Å²) in [5.74, 6) is 0.328. The number of rotatable bonds is 5. The van der Waals surface area contributed by atoms with Gasteiger partial charge >= 0.3 is 5.97 Å². The Labute approximate surface area is 185 Å². The van der Waals surface area contributed by atoms with Gasteiger partial charge in [-0.2, -0.15) is 0 Å². The van der Waals surface area contributed by atoms with E-state index >= 15 is 0 Å². The number of carbonyl (C=O) groups is 1. The molecule has 156 valence electrons. The molecule has 0 aliphatic rings. The van der Waals surface area contributed by atoms with Crippen molar-refractivity contribution in [1.29, 1.82) is 0 Å². The molecular weight excluding hydrogens is 400 g/mol. The van der Waals surface area contributed by atoms with Crippen LogP contribution < -0.4 is 0 Å². The van der Waals surface area contributed by atoms with Crippen molar-refractivity contribution in [1.82, 2.24) is 20.2 Å². The summed E-state index contributed by atoms with van der Waals surface area (Å²) in [5.41, 5.74) is 4.51. The summed E-state index contributed by atoms with van der Waals surface area (Å²) < 4.78 is 6.64. The monoisotopic (exact) mass is 420 g/mol. The lowest BCUT2D eigenvalue weighted by Crippen LogP contribution is -2.05. The van der Waals surface area contributed by atoms with E-state index in [-0.39, 0.29) is 5.97 Å². The van der Waals surface area contributed by atoms with Gasteiger partial charge in [0.1, 0.15) is 0 Å². The van der Waals surface area contributed by atoms with E-state index in [1.165, 1.54) is 7.11 Å². The zero-order chi connectivity index (χ0) is 21.9. The van der Waals surface area contributed by atoms with Gasteiger partial charge in [-0.05, 0) is 62.2 Å². The fourth-order valence-electron chi connectivity index (χ4n) is 3.83. The van der Waals surface area contributed by atoms with Crippen LogP contribution >= 0.6 is 0 Å². The zero-order valence-electron chi connectivity index (χ0n) is 17.5. The maximum atomic E-state index is 11.9. The number of hydrogen-bond donors (Lipinski definition) is 0. The first-order valence-electron chi connectivity index (χ1n) is 10.2. The Balaban J connectivity index is 1.65. The van der Waals surface area contributed by atoms with Gasteiger partial charge in [0.15, 0.2) is 5.82 Å². The molecule has 0 radical (unpaired) electrons. The third kappa shape index (κ3) is 3.74. The SMILES string of the molecule is COC(=O)c1ccc(-c2cc3ccccc3cc2-c2nnnn2Cc2ccccc2)cc1. The van der Waals surface area contributed by atoms with Crippen molar-refractivity contribution in [3.8, 4) is 22.5 Å². The highest BCUT2D eigenvalue weighted by atomic mass is 16.5. The minimum atomic E-state index is -0.359. The lowest BCUT2D eigenvalue weighted by Gasteiger charge is -2.13. The molecule has 6 heteroatoms. The maximum Gasteiger partial charge on any atom is 0.337 e. The minimum absolute atomic E-state index is 0.359. The highest BCUT2D eigenvalue weighted by molar-refractivity contribution is 5.96. The van der Waals surface area contributed by atoms with Crippen LogP contribution in [0.15, 0.2) is 91.0 Å². The minimum Gasteiger partial charge on any atom is -0.465 e. The van der Waals surface area contributed by atoms with Crippen LogP contribution in [0.2, 0.25) is 0 Å². The molecule has 0 N–H and O–H groups in total. The number of hydrogen-bond acceptors (Lipinski definition) is 5. The Morgan fingerprint density at radius 1 is 0.844 bits per heavy atom. The maximum absolute atomic E-state index is 11.9. The van der Waals surface area contributed by atoms with Gasteiger partial charge in [-0.3, -0.25) is 0 Å². The van der Waals surface area contributed by atoms with Gasteiger partial charge in [-0.15, -0.1) is 5.10 Å². The molecule has 0 atom stereocenters. The fraction of sp³-hybridized carbons (Fsp3) is 0.0769. The van der Waals surface area contributed by atoms with Gasteiger partial charge < -0.3 is 4.74 Å². The Hall–Kier alpha value is -4.32. The Morgan fingerprint density at radius 3 is 2.19 bits per heavy atom. The molecule has 0 bridgehead atoms. The normalized spacial score (nSPS) is 10.9. The van der Waals surface area contributed by atoms with Crippen molar-refractivity contribution in [2.45, 2.75) is 6.54 Å². The molecule has 32 heavy (non-hydrogen) atoms. The molecule has 1 aromatic heterocycles.